The summed E-state index contributed by atoms with van der Waals surface area (Å²) >= 11 is 0. The molecule has 2 aromatic rings. The molecule has 1 aliphatic rings. The Morgan fingerprint density at radius 3 is 2.90 bits per heavy atom. The third-order valence-corrected chi connectivity index (χ3v) is 3.27. The second-order valence-electron chi connectivity index (χ2n) is 4.68. The van der Waals surface area contributed by atoms with E-state index in [1.165, 1.54) is 4.57 Å². The monoisotopic (exact) mass is 286 g/mol. The van der Waals surface area contributed by atoms with Gasteiger partial charge in [0.2, 0.25) is 11.7 Å². The molecule has 0 fully saturated rings. The van der Waals surface area contributed by atoms with Crippen molar-refractivity contribution < 1.29 is 9.90 Å². The zero-order chi connectivity index (χ0) is 14.8. The van der Waals surface area contributed by atoms with Crippen molar-refractivity contribution in [2.75, 3.05) is 11.9 Å². The lowest BCUT2D eigenvalue weighted by Crippen LogP contribution is -2.28. The first kappa shape index (κ1) is 13.2. The van der Waals surface area contributed by atoms with E-state index in [0.29, 0.717) is 25.6 Å². The SMILES string of the molecule is O=C(NCc1ccccc1)c1nc2n(c(=O)c1O)CCN2. The van der Waals surface area contributed by atoms with Gasteiger partial charge in [-0.1, -0.05) is 30.3 Å². The van der Waals surface area contributed by atoms with Gasteiger partial charge in [0, 0.05) is 19.6 Å². The molecule has 0 saturated carbocycles. The number of nitrogens with zero attached hydrogens (tertiary/aromatic N) is 2. The number of rotatable bonds is 3. The molecule has 0 radical (unpaired) electrons. The van der Waals surface area contributed by atoms with Crippen LogP contribution in [0.15, 0.2) is 35.1 Å². The molecule has 108 valence electrons. The molecular formula is C14H14N4O3. The summed E-state index contributed by atoms with van der Waals surface area (Å²) in [5, 5.41) is 15.4. The fraction of sp³-hybridized carbons (Fsp3) is 0.214. The Bertz CT molecular complexity index is 740. The number of aromatic nitrogens is 2. The Morgan fingerprint density at radius 1 is 1.38 bits per heavy atom. The van der Waals surface area contributed by atoms with E-state index < -0.39 is 17.2 Å². The summed E-state index contributed by atoms with van der Waals surface area (Å²) in [4.78, 5) is 28.0. The van der Waals surface area contributed by atoms with Gasteiger partial charge in [0.05, 0.1) is 0 Å². The van der Waals surface area contributed by atoms with Gasteiger partial charge in [-0.25, -0.2) is 4.98 Å². The van der Waals surface area contributed by atoms with E-state index >= 15 is 0 Å². The van der Waals surface area contributed by atoms with Crippen LogP contribution in [-0.2, 0) is 13.1 Å². The molecule has 0 unspecified atom stereocenters. The van der Waals surface area contributed by atoms with Crippen molar-refractivity contribution in [1.82, 2.24) is 14.9 Å². The molecule has 1 aromatic heterocycles. The summed E-state index contributed by atoms with van der Waals surface area (Å²) in [6, 6.07) is 9.34. The predicted molar refractivity (Wildman–Crippen MR) is 76.3 cm³/mol. The number of amides is 1. The molecule has 3 rings (SSSR count). The summed E-state index contributed by atoms with van der Waals surface area (Å²) in [6.45, 7) is 1.28. The Hall–Kier alpha value is -2.83. The van der Waals surface area contributed by atoms with Crippen molar-refractivity contribution >= 4 is 11.9 Å². The van der Waals surface area contributed by atoms with Crippen LogP contribution in [0.25, 0.3) is 0 Å². The van der Waals surface area contributed by atoms with Crippen LogP contribution in [0.2, 0.25) is 0 Å². The number of fused-ring (bicyclic) bond motifs is 1. The van der Waals surface area contributed by atoms with Crippen LogP contribution < -0.4 is 16.2 Å². The van der Waals surface area contributed by atoms with Crippen molar-refractivity contribution in [3.05, 3.63) is 51.9 Å². The Morgan fingerprint density at radius 2 is 2.14 bits per heavy atom. The number of aromatic hydroxyl groups is 1. The van der Waals surface area contributed by atoms with Crippen LogP contribution in [0, 0.1) is 0 Å². The highest BCUT2D eigenvalue weighted by Crippen LogP contribution is 2.15. The van der Waals surface area contributed by atoms with Crippen molar-refractivity contribution in [1.29, 1.82) is 0 Å². The first-order valence-corrected chi connectivity index (χ1v) is 6.56. The van der Waals surface area contributed by atoms with Crippen LogP contribution in [0.3, 0.4) is 0 Å². The quantitative estimate of drug-likeness (QED) is 0.754. The van der Waals surface area contributed by atoms with Gasteiger partial charge in [-0.15, -0.1) is 0 Å². The second-order valence-corrected chi connectivity index (χ2v) is 4.68. The first-order valence-electron chi connectivity index (χ1n) is 6.56. The van der Waals surface area contributed by atoms with E-state index in [4.69, 9.17) is 0 Å². The number of hydrogen-bond donors (Lipinski definition) is 3. The van der Waals surface area contributed by atoms with E-state index in [-0.39, 0.29) is 5.69 Å². The standard InChI is InChI=1S/C14H14N4O3/c19-11-10(17-14-15-6-7-18(14)13(11)21)12(20)16-8-9-4-2-1-3-5-9/h1-5,19H,6-8H2,(H,15,17)(H,16,20). The van der Waals surface area contributed by atoms with Crippen molar-refractivity contribution in [3.63, 3.8) is 0 Å². The van der Waals surface area contributed by atoms with E-state index in [2.05, 4.69) is 15.6 Å². The molecule has 7 nitrogen and oxygen atoms in total. The molecule has 0 spiro atoms. The summed E-state index contributed by atoms with van der Waals surface area (Å²) in [7, 11) is 0. The molecule has 1 amide bonds. The summed E-state index contributed by atoms with van der Waals surface area (Å²) in [6.07, 6.45) is 0. The second kappa shape index (κ2) is 5.28. The fourth-order valence-corrected chi connectivity index (χ4v) is 2.19. The largest absolute Gasteiger partial charge is 0.501 e. The minimum atomic E-state index is -0.618. The van der Waals surface area contributed by atoms with Gasteiger partial charge in [-0.2, -0.15) is 0 Å². The molecule has 0 saturated heterocycles. The third-order valence-electron chi connectivity index (χ3n) is 3.27. The van der Waals surface area contributed by atoms with Gasteiger partial charge < -0.3 is 15.7 Å². The zero-order valence-electron chi connectivity index (χ0n) is 11.2. The number of nitrogens with one attached hydrogen (secondary N) is 2. The molecule has 3 N–H and O–H groups in total. The maximum Gasteiger partial charge on any atom is 0.298 e. The number of hydrogen-bond acceptors (Lipinski definition) is 5. The minimum Gasteiger partial charge on any atom is -0.501 e. The van der Waals surface area contributed by atoms with E-state index in [1.54, 1.807) is 0 Å². The number of carbonyl (C=O) groups is 1. The van der Waals surface area contributed by atoms with Gasteiger partial charge in [-0.05, 0) is 5.56 Å². The lowest BCUT2D eigenvalue weighted by molar-refractivity contribution is 0.0942. The van der Waals surface area contributed by atoms with Gasteiger partial charge in [-0.3, -0.25) is 14.2 Å². The fourth-order valence-electron chi connectivity index (χ4n) is 2.19. The number of benzene rings is 1. The molecule has 7 heteroatoms. The average molecular weight is 286 g/mol. The normalized spacial score (nSPS) is 12.6. The molecular weight excluding hydrogens is 272 g/mol. The van der Waals surface area contributed by atoms with Crippen molar-refractivity contribution in [3.8, 4) is 5.75 Å². The lowest BCUT2D eigenvalue weighted by Gasteiger charge is -2.08. The molecule has 21 heavy (non-hydrogen) atoms. The maximum atomic E-state index is 12.1. The summed E-state index contributed by atoms with van der Waals surface area (Å²) in [5.41, 5.74) is 0.0628. The van der Waals surface area contributed by atoms with Crippen LogP contribution in [0.1, 0.15) is 16.1 Å². The molecule has 1 aliphatic heterocycles. The molecule has 2 heterocycles. The van der Waals surface area contributed by atoms with Crippen LogP contribution in [0.4, 0.5) is 5.95 Å². The Balaban J connectivity index is 1.82. The third kappa shape index (κ3) is 2.45. The highest BCUT2D eigenvalue weighted by atomic mass is 16.3. The highest BCUT2D eigenvalue weighted by molar-refractivity contribution is 5.95. The lowest BCUT2D eigenvalue weighted by atomic mass is 10.2. The summed E-state index contributed by atoms with van der Waals surface area (Å²) in [5.74, 6) is -0.888. The van der Waals surface area contributed by atoms with Gasteiger partial charge in [0.15, 0.2) is 5.69 Å². The predicted octanol–water partition coefficient (Wildman–Crippen LogP) is 0.304. The number of anilines is 1. The van der Waals surface area contributed by atoms with E-state index in [9.17, 15) is 14.7 Å². The Kier molecular flexibility index (Phi) is 3.31. The van der Waals surface area contributed by atoms with E-state index in [0.717, 1.165) is 5.56 Å². The maximum absolute atomic E-state index is 12.1. The molecule has 1 aromatic carbocycles. The van der Waals surface area contributed by atoms with Gasteiger partial charge in [0.25, 0.3) is 11.5 Å². The molecule has 0 atom stereocenters. The van der Waals surface area contributed by atoms with E-state index in [1.807, 2.05) is 30.3 Å². The first-order chi connectivity index (χ1) is 10.2. The average Bonchev–Trinajstić information content (AvgIpc) is 2.98. The summed E-state index contributed by atoms with van der Waals surface area (Å²) < 4.78 is 1.31. The van der Waals surface area contributed by atoms with Gasteiger partial charge in [0.1, 0.15) is 0 Å². The van der Waals surface area contributed by atoms with Crippen LogP contribution in [-0.4, -0.2) is 27.1 Å². The molecule has 0 aliphatic carbocycles. The zero-order valence-corrected chi connectivity index (χ0v) is 11.2. The van der Waals surface area contributed by atoms with Crippen LogP contribution >= 0.6 is 0 Å². The highest BCUT2D eigenvalue weighted by Gasteiger charge is 2.23. The topological polar surface area (TPSA) is 96.2 Å². The van der Waals surface area contributed by atoms with Gasteiger partial charge >= 0.3 is 0 Å². The minimum absolute atomic E-state index is 0.253. The Labute approximate surface area is 120 Å². The van der Waals surface area contributed by atoms with Crippen molar-refractivity contribution in [2.24, 2.45) is 0 Å². The number of carbonyl (C=O) groups excluding carboxylic acids is 1. The smallest absolute Gasteiger partial charge is 0.298 e. The van der Waals surface area contributed by atoms with Crippen molar-refractivity contribution in [2.45, 2.75) is 13.1 Å². The van der Waals surface area contributed by atoms with Crippen LogP contribution in [0.5, 0.6) is 5.75 Å². The molecule has 0 bridgehead atoms.